The van der Waals surface area contributed by atoms with Crippen LogP contribution in [-0.2, 0) is 0 Å². The van der Waals surface area contributed by atoms with E-state index in [1.807, 2.05) is 6.07 Å². The SMILES string of the molecule is CN1CCCC1COc1nc(N2C[C@H]3CC[C@@H](C2)N3)c2cnc(-c3cc(O)cc4cccc(Cl)c34)c(F)c2n1. The van der Waals surface area contributed by atoms with E-state index in [4.69, 9.17) is 21.3 Å². The normalized spacial score (nSPS) is 23.3. The quantitative estimate of drug-likeness (QED) is 0.369. The van der Waals surface area contributed by atoms with Gasteiger partial charge < -0.3 is 25.0 Å². The molecule has 2 bridgehead atoms. The summed E-state index contributed by atoms with van der Waals surface area (Å²) in [5, 5.41) is 16.4. The molecule has 4 aromatic rings. The van der Waals surface area contributed by atoms with Gasteiger partial charge in [0.05, 0.1) is 5.39 Å². The molecule has 7 rings (SSSR count). The summed E-state index contributed by atoms with van der Waals surface area (Å²) in [5.41, 5.74) is 0.627. The van der Waals surface area contributed by atoms with E-state index in [1.54, 1.807) is 24.4 Å². The van der Waals surface area contributed by atoms with Crippen LogP contribution in [0.25, 0.3) is 32.9 Å². The van der Waals surface area contributed by atoms with Gasteiger partial charge in [0.15, 0.2) is 5.82 Å². The number of nitrogens with one attached hydrogen (secondary N) is 1. The molecule has 3 fully saturated rings. The Bertz CT molecular complexity index is 1570. The van der Waals surface area contributed by atoms with Gasteiger partial charge in [-0.1, -0.05) is 23.7 Å². The van der Waals surface area contributed by atoms with Gasteiger partial charge in [0.2, 0.25) is 0 Å². The van der Waals surface area contributed by atoms with Gasteiger partial charge in [0.25, 0.3) is 0 Å². The fourth-order valence-electron chi connectivity index (χ4n) is 6.40. The molecule has 3 aliphatic heterocycles. The fraction of sp³-hybridized carbons (Fsp3) is 0.414. The molecule has 8 nitrogen and oxygen atoms in total. The zero-order chi connectivity index (χ0) is 26.7. The maximum atomic E-state index is 16.5. The third-order valence-electron chi connectivity index (χ3n) is 8.40. The second-order valence-electron chi connectivity index (χ2n) is 11.0. The summed E-state index contributed by atoms with van der Waals surface area (Å²) >= 11 is 6.54. The number of hydrogen-bond donors (Lipinski definition) is 2. The van der Waals surface area contributed by atoms with E-state index in [0.717, 1.165) is 45.3 Å². The van der Waals surface area contributed by atoms with Crippen molar-refractivity contribution in [2.24, 2.45) is 0 Å². The van der Waals surface area contributed by atoms with Gasteiger partial charge in [-0.05, 0) is 62.9 Å². The number of phenols is 1. The number of likely N-dealkylation sites (tertiary alicyclic amines) is 1. The lowest BCUT2D eigenvalue weighted by molar-refractivity contribution is 0.188. The summed E-state index contributed by atoms with van der Waals surface area (Å²) in [4.78, 5) is 18.4. The average Bonchev–Trinajstić information content (AvgIpc) is 3.50. The number of phenolic OH excluding ortho intramolecular Hbond substituents is 1. The lowest BCUT2D eigenvalue weighted by Crippen LogP contribution is -2.51. The monoisotopic (exact) mass is 548 g/mol. The third kappa shape index (κ3) is 4.42. The van der Waals surface area contributed by atoms with Crippen molar-refractivity contribution >= 4 is 39.1 Å². The molecule has 5 heterocycles. The summed E-state index contributed by atoms with van der Waals surface area (Å²) in [7, 11) is 2.09. The number of ether oxygens (including phenoxy) is 1. The second kappa shape index (κ2) is 9.73. The van der Waals surface area contributed by atoms with Crippen molar-refractivity contribution in [2.45, 2.75) is 43.8 Å². The van der Waals surface area contributed by atoms with E-state index in [2.05, 4.69) is 32.1 Å². The number of piperazine rings is 1. The lowest BCUT2D eigenvalue weighted by atomic mass is 10.00. The third-order valence-corrected chi connectivity index (χ3v) is 8.72. The van der Waals surface area contributed by atoms with Crippen LogP contribution in [0.5, 0.6) is 11.8 Å². The van der Waals surface area contributed by atoms with E-state index in [1.165, 1.54) is 6.07 Å². The molecule has 0 radical (unpaired) electrons. The van der Waals surface area contributed by atoms with E-state index in [9.17, 15) is 5.11 Å². The summed E-state index contributed by atoms with van der Waals surface area (Å²) < 4.78 is 22.6. The Kier molecular flexibility index (Phi) is 6.17. The number of aromatic hydroxyl groups is 1. The van der Waals surface area contributed by atoms with Gasteiger partial charge in [-0.25, -0.2) is 4.39 Å². The van der Waals surface area contributed by atoms with E-state index >= 15 is 4.39 Å². The molecule has 0 amide bonds. The number of aromatic nitrogens is 3. The van der Waals surface area contributed by atoms with Crippen molar-refractivity contribution in [3.63, 3.8) is 0 Å². The summed E-state index contributed by atoms with van der Waals surface area (Å²) in [6.45, 7) is 3.04. The Balaban J connectivity index is 1.37. The van der Waals surface area contributed by atoms with E-state index < -0.39 is 5.82 Å². The molecule has 3 saturated heterocycles. The summed E-state index contributed by atoms with van der Waals surface area (Å²) in [5.74, 6) is 0.0549. The zero-order valence-corrected chi connectivity index (χ0v) is 22.5. The summed E-state index contributed by atoms with van der Waals surface area (Å²) in [6, 6.07) is 9.67. The van der Waals surface area contributed by atoms with Crippen molar-refractivity contribution < 1.29 is 14.2 Å². The Labute approximate surface area is 230 Å². The number of anilines is 1. The van der Waals surface area contributed by atoms with Crippen molar-refractivity contribution in [1.82, 2.24) is 25.2 Å². The maximum Gasteiger partial charge on any atom is 0.319 e. The smallest absolute Gasteiger partial charge is 0.319 e. The molecule has 10 heteroatoms. The zero-order valence-electron chi connectivity index (χ0n) is 21.7. The minimum atomic E-state index is -0.594. The minimum absolute atomic E-state index is 0.00504. The Morgan fingerprint density at radius 1 is 1.15 bits per heavy atom. The highest BCUT2D eigenvalue weighted by molar-refractivity contribution is 6.36. The molecule has 2 aromatic heterocycles. The molecule has 3 aliphatic rings. The first-order chi connectivity index (χ1) is 18.9. The van der Waals surface area contributed by atoms with Crippen molar-refractivity contribution in [1.29, 1.82) is 0 Å². The number of rotatable bonds is 5. The second-order valence-corrected chi connectivity index (χ2v) is 11.4. The fourth-order valence-corrected chi connectivity index (χ4v) is 6.68. The Hall–Kier alpha value is -3.27. The minimum Gasteiger partial charge on any atom is -0.508 e. The number of fused-ring (bicyclic) bond motifs is 4. The topological polar surface area (TPSA) is 86.6 Å². The highest BCUT2D eigenvalue weighted by Crippen LogP contribution is 2.40. The molecule has 2 aromatic carbocycles. The number of halogens is 2. The molecule has 1 unspecified atom stereocenters. The van der Waals surface area contributed by atoms with Crippen LogP contribution in [0.2, 0.25) is 5.02 Å². The highest BCUT2D eigenvalue weighted by Gasteiger charge is 2.34. The molecule has 2 N–H and O–H groups in total. The van der Waals surface area contributed by atoms with Crippen LogP contribution in [0.3, 0.4) is 0 Å². The van der Waals surface area contributed by atoms with Gasteiger partial charge in [0.1, 0.15) is 29.4 Å². The van der Waals surface area contributed by atoms with Crippen LogP contribution >= 0.6 is 11.6 Å². The first kappa shape index (κ1) is 24.7. The van der Waals surface area contributed by atoms with Crippen molar-refractivity contribution in [3.05, 3.63) is 47.4 Å². The largest absolute Gasteiger partial charge is 0.508 e. The van der Waals surface area contributed by atoms with Gasteiger partial charge in [-0.2, -0.15) is 9.97 Å². The number of nitrogens with zero attached hydrogens (tertiary/aromatic N) is 5. The van der Waals surface area contributed by atoms with Gasteiger partial charge in [-0.3, -0.25) is 4.98 Å². The number of likely N-dealkylation sites (N-methyl/N-ethyl adjacent to an activating group) is 1. The molecule has 0 aliphatic carbocycles. The van der Waals surface area contributed by atoms with Crippen LogP contribution in [0, 0.1) is 5.82 Å². The van der Waals surface area contributed by atoms with Gasteiger partial charge >= 0.3 is 6.01 Å². The maximum absolute atomic E-state index is 16.5. The first-order valence-corrected chi connectivity index (χ1v) is 13.9. The predicted octanol–water partition coefficient (Wildman–Crippen LogP) is 4.76. The molecular weight excluding hydrogens is 519 g/mol. The van der Waals surface area contributed by atoms with E-state index in [-0.39, 0.29) is 29.0 Å². The Morgan fingerprint density at radius 3 is 2.74 bits per heavy atom. The Morgan fingerprint density at radius 2 is 1.97 bits per heavy atom. The van der Waals surface area contributed by atoms with Gasteiger partial charge in [-0.15, -0.1) is 0 Å². The van der Waals surface area contributed by atoms with Crippen molar-refractivity contribution in [2.75, 3.05) is 38.2 Å². The molecule has 202 valence electrons. The van der Waals surface area contributed by atoms with Crippen LogP contribution in [0.4, 0.5) is 10.2 Å². The standard InChI is InChI=1S/C29H30ClFN6O2/c1-36-9-3-5-19(36)15-39-29-34-27-22(28(35-29)37-13-17-7-8-18(14-37)33-17)12-32-26(25(27)31)21-11-20(38)10-16-4-2-6-23(30)24(16)21/h2,4,6,10-12,17-19,33,38H,3,5,7-9,13-15H2,1H3/t17-,18+,19?. The summed E-state index contributed by atoms with van der Waals surface area (Å²) in [6.07, 6.45) is 6.04. The molecule has 39 heavy (non-hydrogen) atoms. The van der Waals surface area contributed by atoms with Crippen LogP contribution in [0.15, 0.2) is 36.5 Å². The highest BCUT2D eigenvalue weighted by atomic mass is 35.5. The molecule has 0 spiro atoms. The number of pyridine rings is 1. The van der Waals surface area contributed by atoms with Crippen LogP contribution in [-0.4, -0.2) is 76.4 Å². The number of benzene rings is 2. The van der Waals surface area contributed by atoms with E-state index in [0.29, 0.717) is 51.3 Å². The van der Waals surface area contributed by atoms with Gasteiger partial charge in [0, 0.05) is 53.4 Å². The first-order valence-electron chi connectivity index (χ1n) is 13.6. The average molecular weight is 549 g/mol. The van der Waals surface area contributed by atoms with Crippen LogP contribution < -0.4 is 15.0 Å². The molecule has 0 saturated carbocycles. The predicted molar refractivity (Wildman–Crippen MR) is 150 cm³/mol. The lowest BCUT2D eigenvalue weighted by Gasteiger charge is -2.34. The number of hydrogen-bond acceptors (Lipinski definition) is 8. The molecule has 3 atom stereocenters. The molecular formula is C29H30ClFN6O2. The van der Waals surface area contributed by atoms with Crippen LogP contribution in [0.1, 0.15) is 25.7 Å². The van der Waals surface area contributed by atoms with Crippen molar-refractivity contribution in [3.8, 4) is 23.0 Å².